The average molecular weight is 621 g/mol. The number of hydrogen-bond donors (Lipinski definition) is 3. The van der Waals surface area contributed by atoms with Gasteiger partial charge in [0.05, 0.1) is 11.6 Å². The summed E-state index contributed by atoms with van der Waals surface area (Å²) < 4.78 is 55.5. The van der Waals surface area contributed by atoms with Crippen molar-refractivity contribution < 1.29 is 31.9 Å². The first-order valence-electron chi connectivity index (χ1n) is 15.4. The minimum atomic E-state index is -4.58. The molecule has 9 nitrogen and oxygen atoms in total. The lowest BCUT2D eigenvalue weighted by molar-refractivity contribution is -0.139. The minimum Gasteiger partial charge on any atom is -0.371 e. The summed E-state index contributed by atoms with van der Waals surface area (Å²) in [5.41, 5.74) is 0.937. The second-order valence-corrected chi connectivity index (χ2v) is 12.6. The van der Waals surface area contributed by atoms with Gasteiger partial charge in [0.15, 0.2) is 0 Å². The van der Waals surface area contributed by atoms with Gasteiger partial charge in [0.1, 0.15) is 24.1 Å². The quantitative estimate of drug-likeness (QED) is 0.284. The molecule has 0 spiro atoms. The van der Waals surface area contributed by atoms with Crippen LogP contribution in [0.25, 0.3) is 0 Å². The number of nitrogens with zero attached hydrogens (tertiary/aromatic N) is 3. The van der Waals surface area contributed by atoms with E-state index in [2.05, 4.69) is 15.7 Å². The maximum Gasteiger partial charge on any atom is 0.405 e. The zero-order valence-corrected chi connectivity index (χ0v) is 25.2. The molecule has 1 saturated heterocycles. The summed E-state index contributed by atoms with van der Waals surface area (Å²) in [5, 5.41) is 11.8. The van der Waals surface area contributed by atoms with Crippen molar-refractivity contribution in [1.82, 2.24) is 20.4 Å². The van der Waals surface area contributed by atoms with Crippen molar-refractivity contribution in [2.24, 2.45) is 17.8 Å². The highest BCUT2D eigenvalue weighted by atomic mass is 19.4. The zero-order valence-electron chi connectivity index (χ0n) is 25.2. The summed E-state index contributed by atoms with van der Waals surface area (Å²) in [4.78, 5) is 42.0. The summed E-state index contributed by atoms with van der Waals surface area (Å²) in [7, 11) is 0. The normalized spacial score (nSPS) is 18.4. The fraction of sp³-hybridized carbons (Fsp3) is 0.613. The number of hydrogen-bond acceptors (Lipinski definition) is 5. The zero-order chi connectivity index (χ0) is 31.8. The summed E-state index contributed by atoms with van der Waals surface area (Å²) >= 11 is 0. The third-order valence-electron chi connectivity index (χ3n) is 8.82. The smallest absolute Gasteiger partial charge is 0.371 e. The molecule has 3 fully saturated rings. The van der Waals surface area contributed by atoms with Crippen molar-refractivity contribution in [1.29, 1.82) is 0 Å². The van der Waals surface area contributed by atoms with Crippen LogP contribution in [0.15, 0.2) is 24.4 Å². The first-order chi connectivity index (χ1) is 20.8. The highest BCUT2D eigenvalue weighted by Gasteiger charge is 2.48. The number of carbonyl (C=O) groups is 3. The molecule has 5 rings (SSSR count). The van der Waals surface area contributed by atoms with Gasteiger partial charge in [-0.05, 0) is 101 Å². The Morgan fingerprint density at radius 1 is 1.00 bits per heavy atom. The molecule has 1 unspecified atom stereocenters. The van der Waals surface area contributed by atoms with Gasteiger partial charge in [0, 0.05) is 31.0 Å². The van der Waals surface area contributed by atoms with Gasteiger partial charge in [-0.2, -0.15) is 18.3 Å². The maximum absolute atomic E-state index is 15.7. The number of nitrogens with one attached hydrogen (secondary N) is 3. The van der Waals surface area contributed by atoms with Gasteiger partial charge >= 0.3 is 6.18 Å². The van der Waals surface area contributed by atoms with E-state index >= 15 is 4.39 Å². The molecule has 2 heterocycles. The standard InChI is InChI=1S/C31H40F4N6O3/c1-17(2)41-24(10-11-37-41)29(43)39-27(26(19-6-7-19)20-8-9-20)30(44)38-23-15-25(40-12-4-5-13-40)21(14-22(23)32)18(3)28(42)36-16-31(33,34)35/h10-11,14-15,17-20,26-27H,4-9,12-13,16H2,1-3H3,(H,36,42)(H,38,44)(H,39,43)/t18?,27-/m0/s1. The lowest BCUT2D eigenvalue weighted by Gasteiger charge is -2.29. The van der Waals surface area contributed by atoms with Gasteiger partial charge in [-0.3, -0.25) is 19.1 Å². The summed E-state index contributed by atoms with van der Waals surface area (Å²) in [6.45, 7) is 4.99. The molecule has 2 atom stereocenters. The van der Waals surface area contributed by atoms with Gasteiger partial charge in [-0.1, -0.05) is 0 Å². The number of carbonyl (C=O) groups excluding carboxylic acids is 3. The topological polar surface area (TPSA) is 108 Å². The van der Waals surface area contributed by atoms with Crippen molar-refractivity contribution in [2.45, 2.75) is 83.5 Å². The van der Waals surface area contributed by atoms with E-state index < -0.39 is 48.2 Å². The molecule has 13 heteroatoms. The van der Waals surface area contributed by atoms with Crippen LogP contribution >= 0.6 is 0 Å². The molecule has 3 amide bonds. The molecule has 2 saturated carbocycles. The Hall–Kier alpha value is -3.64. The molecule has 2 aliphatic carbocycles. The van der Waals surface area contributed by atoms with Crippen molar-refractivity contribution >= 4 is 29.1 Å². The Bertz CT molecular complexity index is 1370. The molecule has 1 aliphatic heterocycles. The number of halogens is 4. The van der Waals surface area contributed by atoms with Crippen LogP contribution in [0.1, 0.15) is 87.3 Å². The largest absolute Gasteiger partial charge is 0.405 e. The van der Waals surface area contributed by atoms with Crippen LogP contribution in [0.3, 0.4) is 0 Å². The molecule has 3 aliphatic rings. The predicted molar refractivity (Wildman–Crippen MR) is 157 cm³/mol. The van der Waals surface area contributed by atoms with E-state index in [1.807, 2.05) is 24.1 Å². The van der Waals surface area contributed by atoms with E-state index in [9.17, 15) is 27.6 Å². The van der Waals surface area contributed by atoms with E-state index in [1.54, 1.807) is 10.7 Å². The molecule has 1 aromatic heterocycles. The highest BCUT2D eigenvalue weighted by Crippen LogP contribution is 2.51. The molecule has 3 N–H and O–H groups in total. The molecule has 240 valence electrons. The van der Waals surface area contributed by atoms with Crippen LogP contribution in [0, 0.1) is 23.6 Å². The number of benzene rings is 1. The van der Waals surface area contributed by atoms with Crippen LogP contribution in [0.2, 0.25) is 0 Å². The monoisotopic (exact) mass is 620 g/mol. The van der Waals surface area contributed by atoms with Crippen molar-refractivity contribution in [3.8, 4) is 0 Å². The Morgan fingerprint density at radius 2 is 1.64 bits per heavy atom. The van der Waals surface area contributed by atoms with E-state index in [4.69, 9.17) is 0 Å². The van der Waals surface area contributed by atoms with E-state index in [-0.39, 0.29) is 35.0 Å². The van der Waals surface area contributed by atoms with Crippen molar-refractivity contribution in [3.63, 3.8) is 0 Å². The number of anilines is 2. The van der Waals surface area contributed by atoms with Gasteiger partial charge in [-0.15, -0.1) is 0 Å². The number of aromatic nitrogens is 2. The van der Waals surface area contributed by atoms with Crippen LogP contribution in [-0.2, 0) is 9.59 Å². The van der Waals surface area contributed by atoms with Gasteiger partial charge in [0.25, 0.3) is 5.91 Å². The molecular formula is C31H40F4N6O3. The highest BCUT2D eigenvalue weighted by molar-refractivity contribution is 6.01. The Labute approximate surface area is 254 Å². The van der Waals surface area contributed by atoms with Crippen LogP contribution < -0.4 is 20.9 Å². The summed E-state index contributed by atoms with van der Waals surface area (Å²) in [5.74, 6) is -3.24. The molecule has 0 radical (unpaired) electrons. The van der Waals surface area contributed by atoms with E-state index in [0.717, 1.165) is 44.6 Å². The van der Waals surface area contributed by atoms with Gasteiger partial charge in [0.2, 0.25) is 11.8 Å². The first kappa shape index (κ1) is 31.8. The average Bonchev–Trinajstić information content (AvgIpc) is 3.87. The Morgan fingerprint density at radius 3 is 2.20 bits per heavy atom. The second-order valence-electron chi connectivity index (χ2n) is 12.6. The first-order valence-corrected chi connectivity index (χ1v) is 15.4. The van der Waals surface area contributed by atoms with Crippen molar-refractivity contribution in [3.05, 3.63) is 41.5 Å². The van der Waals surface area contributed by atoms with Gasteiger partial charge < -0.3 is 20.9 Å². The van der Waals surface area contributed by atoms with Crippen LogP contribution in [0.4, 0.5) is 28.9 Å². The van der Waals surface area contributed by atoms with Gasteiger partial charge in [-0.25, -0.2) is 4.39 Å². The number of amides is 3. The third-order valence-corrected chi connectivity index (χ3v) is 8.82. The number of alkyl halides is 3. The summed E-state index contributed by atoms with van der Waals surface area (Å²) in [6.07, 6.45) is 2.51. The number of rotatable bonds is 12. The molecular weight excluding hydrogens is 580 g/mol. The Kier molecular flexibility index (Phi) is 9.22. The van der Waals surface area contributed by atoms with E-state index in [1.165, 1.54) is 19.2 Å². The third kappa shape index (κ3) is 7.35. The molecule has 2 aromatic rings. The minimum absolute atomic E-state index is 0.0739. The lowest BCUT2D eigenvalue weighted by atomic mass is 9.88. The van der Waals surface area contributed by atoms with Crippen LogP contribution in [0.5, 0.6) is 0 Å². The van der Waals surface area contributed by atoms with Crippen LogP contribution in [-0.4, -0.2) is 59.4 Å². The molecule has 1 aromatic carbocycles. The summed E-state index contributed by atoms with van der Waals surface area (Å²) in [6, 6.07) is 3.20. The predicted octanol–water partition coefficient (Wildman–Crippen LogP) is 5.16. The SMILES string of the molecule is CC(C(=O)NCC(F)(F)F)c1cc(F)c(NC(=O)[C@@H](NC(=O)c2ccnn2C(C)C)C(C2CC2)C2CC2)cc1N1CCCC1. The fourth-order valence-electron chi connectivity index (χ4n) is 6.29. The maximum atomic E-state index is 15.7. The van der Waals surface area contributed by atoms with Crippen molar-refractivity contribution in [2.75, 3.05) is 29.9 Å². The van der Waals surface area contributed by atoms with E-state index in [0.29, 0.717) is 24.5 Å². The lowest BCUT2D eigenvalue weighted by Crippen LogP contribution is -2.50. The second kappa shape index (κ2) is 12.8. The Balaban J connectivity index is 1.42. The molecule has 0 bridgehead atoms. The fourth-order valence-corrected chi connectivity index (χ4v) is 6.29. The molecule has 44 heavy (non-hydrogen) atoms.